The summed E-state index contributed by atoms with van der Waals surface area (Å²) in [7, 11) is 0. The van der Waals surface area contributed by atoms with Gasteiger partial charge in [-0.15, -0.1) is 0 Å². The summed E-state index contributed by atoms with van der Waals surface area (Å²) in [6.07, 6.45) is -2.04. The van der Waals surface area contributed by atoms with Gasteiger partial charge in [-0.1, -0.05) is 0 Å². The van der Waals surface area contributed by atoms with Gasteiger partial charge >= 0.3 is 53.4 Å². The Balaban J connectivity index is 0. The van der Waals surface area contributed by atoms with Crippen molar-refractivity contribution in [3.05, 3.63) is 0 Å². The van der Waals surface area contributed by atoms with E-state index in [-0.39, 0.29) is 48.5 Å². The fraction of sp³-hybridized carbons (Fsp3) is 0.583. The molecule has 2 atom stereocenters. The van der Waals surface area contributed by atoms with Gasteiger partial charge in [0, 0.05) is 6.54 Å². The number of nitrogens with one attached hydrogen (secondary N) is 2. The average molecular weight is 372 g/mol. The van der Waals surface area contributed by atoms with E-state index in [0.717, 1.165) is 0 Å². The molecule has 0 saturated carbocycles. The van der Waals surface area contributed by atoms with Gasteiger partial charge in [0.25, 0.3) is 0 Å². The fourth-order valence-corrected chi connectivity index (χ4v) is 1.59. The van der Waals surface area contributed by atoms with Crippen molar-refractivity contribution in [3.8, 4) is 0 Å². The van der Waals surface area contributed by atoms with E-state index in [1.54, 1.807) is 0 Å². The molecule has 13 heteroatoms. The number of ether oxygens (including phenoxy) is 1. The first-order valence-electron chi connectivity index (χ1n) is 6.73. The van der Waals surface area contributed by atoms with Gasteiger partial charge in [-0.25, -0.2) is 9.59 Å². The van der Waals surface area contributed by atoms with E-state index in [1.807, 2.05) is 0 Å². The van der Waals surface area contributed by atoms with Crippen LogP contribution in [-0.4, -0.2) is 92.9 Å². The number of guanidine groups is 1. The SMILES string of the molecule is N=C(N)NCCC[C@H](N)C(=O)OC(=O)CC(O)(CC(=O)O)C(=O)O.[NaH]. The minimum absolute atomic E-state index is 0. The molecule has 12 nitrogen and oxygen atoms in total. The second kappa shape index (κ2) is 11.8. The summed E-state index contributed by atoms with van der Waals surface area (Å²) in [6, 6.07) is -1.19. The molecule has 1 unspecified atom stereocenters. The number of aliphatic carboxylic acids is 2. The van der Waals surface area contributed by atoms with Gasteiger partial charge in [-0.3, -0.25) is 15.0 Å². The van der Waals surface area contributed by atoms with E-state index in [2.05, 4.69) is 10.1 Å². The van der Waals surface area contributed by atoms with Crippen molar-refractivity contribution in [3.63, 3.8) is 0 Å². The molecule has 0 aliphatic carbocycles. The Hall–Kier alpha value is -1.73. The molecule has 0 bridgehead atoms. The third kappa shape index (κ3) is 10.7. The standard InChI is InChI=1S/C12H20N4O8.Na.H/c13-6(2-1-3-16-11(14)15)9(20)24-8(19)5-12(23,10(21)22)4-7(17)18;;/h6,23H,1-5,13H2,(H,17,18)(H,21,22)(H4,14,15,16);;/t6-,12?;;/m0../s1. The minimum atomic E-state index is -2.89. The van der Waals surface area contributed by atoms with E-state index >= 15 is 0 Å². The molecule has 0 aromatic carbocycles. The van der Waals surface area contributed by atoms with Gasteiger partial charge in [0.05, 0.1) is 12.8 Å². The van der Waals surface area contributed by atoms with Crippen LogP contribution in [-0.2, 0) is 23.9 Å². The van der Waals surface area contributed by atoms with Crippen LogP contribution in [0, 0.1) is 5.41 Å². The monoisotopic (exact) mass is 372 g/mol. The van der Waals surface area contributed by atoms with Crippen LogP contribution in [0.15, 0.2) is 0 Å². The number of carboxylic acids is 2. The first-order chi connectivity index (χ1) is 11.0. The molecule has 0 saturated heterocycles. The van der Waals surface area contributed by atoms with E-state index in [4.69, 9.17) is 27.1 Å². The molecule has 0 aromatic rings. The van der Waals surface area contributed by atoms with Gasteiger partial charge < -0.3 is 36.8 Å². The molecule has 0 aliphatic rings. The quantitative estimate of drug-likeness (QED) is 0.0501. The number of rotatable bonds is 10. The molecule has 0 aromatic heterocycles. The Morgan fingerprint density at radius 3 is 2.20 bits per heavy atom. The van der Waals surface area contributed by atoms with Gasteiger partial charge in [-0.05, 0) is 12.8 Å². The molecule has 0 heterocycles. The summed E-state index contributed by atoms with van der Waals surface area (Å²) in [4.78, 5) is 44.5. The molecule has 0 radical (unpaired) electrons. The molecule has 0 spiro atoms. The Labute approximate surface area is 164 Å². The zero-order valence-corrected chi connectivity index (χ0v) is 12.7. The number of carboxylic acid groups (broad SMARTS) is 2. The molecule has 0 fully saturated rings. The first-order valence-corrected chi connectivity index (χ1v) is 6.73. The van der Waals surface area contributed by atoms with E-state index < -0.39 is 48.4 Å². The van der Waals surface area contributed by atoms with Crippen LogP contribution in [0.3, 0.4) is 0 Å². The molecule has 9 N–H and O–H groups in total. The zero-order valence-electron chi connectivity index (χ0n) is 12.7. The van der Waals surface area contributed by atoms with Crippen LogP contribution in [0.4, 0.5) is 0 Å². The van der Waals surface area contributed by atoms with E-state index in [1.165, 1.54) is 0 Å². The molecular weight excluding hydrogens is 351 g/mol. The van der Waals surface area contributed by atoms with Crippen molar-refractivity contribution < 1.29 is 39.2 Å². The maximum absolute atomic E-state index is 11.6. The second-order valence-electron chi connectivity index (χ2n) is 4.97. The molecule has 0 aliphatic heterocycles. The molecule has 25 heavy (non-hydrogen) atoms. The van der Waals surface area contributed by atoms with E-state index in [9.17, 15) is 24.3 Å². The number of hydrogen-bond acceptors (Lipinski definition) is 8. The predicted molar refractivity (Wildman–Crippen MR) is 84.8 cm³/mol. The Morgan fingerprint density at radius 2 is 1.76 bits per heavy atom. The summed E-state index contributed by atoms with van der Waals surface area (Å²) in [6.45, 7) is 0.266. The number of hydrogen-bond donors (Lipinski definition) is 7. The van der Waals surface area contributed by atoms with Crippen LogP contribution < -0.4 is 16.8 Å². The van der Waals surface area contributed by atoms with Crippen molar-refractivity contribution in [1.29, 1.82) is 5.41 Å². The maximum atomic E-state index is 11.6. The summed E-state index contributed by atoms with van der Waals surface area (Å²) in [5.41, 5.74) is 7.63. The summed E-state index contributed by atoms with van der Waals surface area (Å²) in [5.74, 6) is -6.40. The average Bonchev–Trinajstić information content (AvgIpc) is 2.41. The molecule has 0 rings (SSSR count). The molecule has 0 amide bonds. The Bertz CT molecular complexity index is 529. The number of nitrogens with two attached hydrogens (primary N) is 2. The molecule has 138 valence electrons. The first kappa shape index (κ1) is 25.5. The van der Waals surface area contributed by atoms with Crippen molar-refractivity contribution in [1.82, 2.24) is 5.32 Å². The third-order valence-electron chi connectivity index (χ3n) is 2.80. The Kier molecular flexibility index (Phi) is 12.0. The van der Waals surface area contributed by atoms with Gasteiger partial charge in [0.2, 0.25) is 0 Å². The zero-order chi connectivity index (χ0) is 18.9. The normalized spacial score (nSPS) is 13.5. The second-order valence-corrected chi connectivity index (χ2v) is 4.97. The number of aliphatic hydroxyl groups is 1. The number of carbonyl (C=O) groups excluding carboxylic acids is 2. The van der Waals surface area contributed by atoms with Crippen molar-refractivity contribution in [2.24, 2.45) is 11.5 Å². The number of carbonyl (C=O) groups is 4. The van der Waals surface area contributed by atoms with Crippen LogP contribution in [0.25, 0.3) is 0 Å². The van der Waals surface area contributed by atoms with Crippen molar-refractivity contribution >= 4 is 59.4 Å². The van der Waals surface area contributed by atoms with Gasteiger partial charge in [-0.2, -0.15) is 0 Å². The summed E-state index contributed by atoms with van der Waals surface area (Å²) < 4.78 is 4.31. The molecular formula is C12H21N4NaO8. The van der Waals surface area contributed by atoms with Crippen LogP contribution >= 0.6 is 0 Å². The predicted octanol–water partition coefficient (Wildman–Crippen LogP) is -3.32. The van der Waals surface area contributed by atoms with Crippen LogP contribution in [0.2, 0.25) is 0 Å². The van der Waals surface area contributed by atoms with Crippen molar-refractivity contribution in [2.45, 2.75) is 37.3 Å². The third-order valence-corrected chi connectivity index (χ3v) is 2.80. The van der Waals surface area contributed by atoms with Crippen molar-refractivity contribution in [2.75, 3.05) is 6.54 Å². The Morgan fingerprint density at radius 1 is 1.20 bits per heavy atom. The van der Waals surface area contributed by atoms with Gasteiger partial charge in [0.1, 0.15) is 6.04 Å². The van der Waals surface area contributed by atoms with Crippen LogP contribution in [0.5, 0.6) is 0 Å². The summed E-state index contributed by atoms with van der Waals surface area (Å²) in [5, 5.41) is 36.4. The van der Waals surface area contributed by atoms with E-state index in [0.29, 0.717) is 6.42 Å². The number of esters is 2. The van der Waals surface area contributed by atoms with Crippen LogP contribution in [0.1, 0.15) is 25.7 Å². The van der Waals surface area contributed by atoms with Gasteiger partial charge in [0.15, 0.2) is 11.6 Å². The topological polar surface area (TPSA) is 226 Å². The summed E-state index contributed by atoms with van der Waals surface area (Å²) >= 11 is 0. The fourth-order valence-electron chi connectivity index (χ4n) is 1.59.